The van der Waals surface area contributed by atoms with Crippen LogP contribution >= 0.6 is 0 Å². The minimum atomic E-state index is -0.667. The standard InChI is InChI=1S/C16H10O.C6H14O3/c1-2-9-4-5-11-8-13-16(17-13)12-7-6-10(3-1)14(9)15(11)12;1-2-6(3-7,4-8)5-9/h1-8,13,16H;7-9H,2-5H2,1H3. The Bertz CT molecular complexity index is 957. The first kappa shape index (κ1) is 17.4. The van der Waals surface area contributed by atoms with Crippen LogP contribution in [0.25, 0.3) is 27.6 Å². The van der Waals surface area contributed by atoms with Crippen molar-refractivity contribution < 1.29 is 20.1 Å². The lowest BCUT2D eigenvalue weighted by Crippen LogP contribution is -2.32. The average molecular weight is 352 g/mol. The fourth-order valence-electron chi connectivity index (χ4n) is 3.68. The molecule has 1 saturated heterocycles. The molecule has 2 unspecified atom stereocenters. The highest BCUT2D eigenvalue weighted by atomic mass is 16.6. The predicted molar refractivity (Wildman–Crippen MR) is 103 cm³/mol. The van der Waals surface area contributed by atoms with Gasteiger partial charge in [0.25, 0.3) is 0 Å². The van der Waals surface area contributed by atoms with Crippen molar-refractivity contribution in [2.24, 2.45) is 5.41 Å². The molecule has 1 fully saturated rings. The third-order valence-electron chi connectivity index (χ3n) is 5.77. The normalized spacial score (nSPS) is 20.3. The number of aliphatic hydroxyl groups excluding tert-OH is 3. The van der Waals surface area contributed by atoms with E-state index < -0.39 is 5.41 Å². The quantitative estimate of drug-likeness (QED) is 0.630. The van der Waals surface area contributed by atoms with Crippen molar-refractivity contribution in [2.45, 2.75) is 25.6 Å². The molecule has 0 saturated carbocycles. The maximum absolute atomic E-state index is 8.66. The number of aliphatic hydroxyl groups is 3. The summed E-state index contributed by atoms with van der Waals surface area (Å²) in [4.78, 5) is 0. The van der Waals surface area contributed by atoms with Crippen LogP contribution in [0.3, 0.4) is 0 Å². The van der Waals surface area contributed by atoms with Crippen molar-refractivity contribution in [1.29, 1.82) is 0 Å². The second kappa shape index (κ2) is 6.63. The monoisotopic (exact) mass is 352 g/mol. The number of hydrogen-bond acceptors (Lipinski definition) is 4. The second-order valence-electron chi connectivity index (χ2n) is 7.28. The molecule has 0 bridgehead atoms. The fraction of sp³-hybridized carbons (Fsp3) is 0.364. The van der Waals surface area contributed by atoms with Crippen LogP contribution in [0.15, 0.2) is 42.5 Å². The molecule has 3 aromatic carbocycles. The predicted octanol–water partition coefficient (Wildman–Crippen LogP) is 2.31. The van der Waals surface area contributed by atoms with Crippen molar-refractivity contribution in [2.75, 3.05) is 19.8 Å². The highest BCUT2D eigenvalue weighted by Crippen LogP contribution is 2.45. The minimum Gasteiger partial charge on any atom is -0.396 e. The van der Waals surface area contributed by atoms with Gasteiger partial charge in [-0.2, -0.15) is 0 Å². The van der Waals surface area contributed by atoms with E-state index in [4.69, 9.17) is 20.1 Å². The van der Waals surface area contributed by atoms with Gasteiger partial charge in [-0.15, -0.1) is 0 Å². The van der Waals surface area contributed by atoms with Crippen LogP contribution in [0.4, 0.5) is 0 Å². The van der Waals surface area contributed by atoms with E-state index in [-0.39, 0.29) is 19.8 Å². The van der Waals surface area contributed by atoms with Crippen LogP contribution in [-0.4, -0.2) is 41.2 Å². The summed E-state index contributed by atoms with van der Waals surface area (Å²) in [7, 11) is 0. The molecule has 136 valence electrons. The summed E-state index contributed by atoms with van der Waals surface area (Å²) in [5.41, 5.74) is 0.705. The molecule has 0 radical (unpaired) electrons. The Kier molecular flexibility index (Phi) is 4.45. The van der Waals surface area contributed by atoms with Crippen molar-refractivity contribution in [3.8, 4) is 0 Å². The van der Waals surface area contributed by atoms with E-state index in [1.54, 1.807) is 0 Å². The highest BCUT2D eigenvalue weighted by Gasteiger charge is 2.41. The van der Waals surface area contributed by atoms with Gasteiger partial charge in [0.2, 0.25) is 0 Å². The van der Waals surface area contributed by atoms with Crippen LogP contribution in [0.1, 0.15) is 25.0 Å². The Morgan fingerprint density at radius 3 is 2.12 bits per heavy atom. The summed E-state index contributed by atoms with van der Waals surface area (Å²) >= 11 is 0. The molecule has 0 spiro atoms. The second-order valence-corrected chi connectivity index (χ2v) is 7.28. The van der Waals surface area contributed by atoms with Crippen molar-refractivity contribution in [3.05, 3.63) is 53.2 Å². The van der Waals surface area contributed by atoms with E-state index in [2.05, 4.69) is 48.5 Å². The van der Waals surface area contributed by atoms with Gasteiger partial charge in [-0.3, -0.25) is 0 Å². The number of benzene rings is 3. The number of epoxide rings is 1. The Labute approximate surface area is 152 Å². The van der Waals surface area contributed by atoms with Crippen molar-refractivity contribution in [3.63, 3.8) is 0 Å². The van der Waals surface area contributed by atoms with Gasteiger partial charge in [0, 0.05) is 5.41 Å². The summed E-state index contributed by atoms with van der Waals surface area (Å²) in [6, 6.07) is 15.4. The molecule has 3 aromatic rings. The van der Waals surface area contributed by atoms with Gasteiger partial charge in [0.1, 0.15) is 12.2 Å². The van der Waals surface area contributed by atoms with Gasteiger partial charge in [-0.05, 0) is 44.8 Å². The molecular weight excluding hydrogens is 328 g/mol. The summed E-state index contributed by atoms with van der Waals surface area (Å²) in [6.07, 6.45) is 3.50. The lowest BCUT2D eigenvalue weighted by molar-refractivity contribution is 0.00304. The molecule has 4 heteroatoms. The third-order valence-corrected chi connectivity index (χ3v) is 5.77. The van der Waals surface area contributed by atoms with E-state index in [1.165, 1.54) is 32.3 Å². The molecule has 5 rings (SSSR count). The van der Waals surface area contributed by atoms with Crippen LogP contribution in [-0.2, 0) is 4.74 Å². The van der Waals surface area contributed by atoms with Gasteiger partial charge < -0.3 is 20.1 Å². The number of fused-ring (bicyclic) bond motifs is 2. The third kappa shape index (κ3) is 2.70. The zero-order valence-electron chi connectivity index (χ0n) is 14.9. The molecule has 1 heterocycles. The Morgan fingerprint density at radius 1 is 0.885 bits per heavy atom. The molecule has 26 heavy (non-hydrogen) atoms. The van der Waals surface area contributed by atoms with E-state index in [0.717, 1.165) is 0 Å². The molecule has 1 aliphatic heterocycles. The van der Waals surface area contributed by atoms with Gasteiger partial charge in [-0.25, -0.2) is 0 Å². The summed E-state index contributed by atoms with van der Waals surface area (Å²) in [5, 5.41) is 32.8. The Balaban J connectivity index is 0.000000163. The van der Waals surface area contributed by atoms with Gasteiger partial charge in [0.15, 0.2) is 0 Å². The van der Waals surface area contributed by atoms with Gasteiger partial charge in [-0.1, -0.05) is 49.4 Å². The van der Waals surface area contributed by atoms with Crippen LogP contribution in [0.2, 0.25) is 0 Å². The highest BCUT2D eigenvalue weighted by molar-refractivity contribution is 6.12. The maximum atomic E-state index is 8.66. The van der Waals surface area contributed by atoms with Crippen molar-refractivity contribution in [1.82, 2.24) is 0 Å². The molecule has 2 atom stereocenters. The average Bonchev–Trinajstić information content (AvgIpc) is 3.48. The lowest BCUT2D eigenvalue weighted by atomic mass is 9.88. The van der Waals surface area contributed by atoms with Gasteiger partial charge in [0.05, 0.1) is 19.8 Å². The molecule has 0 aromatic heterocycles. The summed E-state index contributed by atoms with van der Waals surface area (Å²) in [5.74, 6) is 0. The largest absolute Gasteiger partial charge is 0.396 e. The van der Waals surface area contributed by atoms with Gasteiger partial charge >= 0.3 is 0 Å². The zero-order chi connectivity index (χ0) is 18.3. The maximum Gasteiger partial charge on any atom is 0.114 e. The Morgan fingerprint density at radius 2 is 1.54 bits per heavy atom. The molecule has 1 aliphatic carbocycles. The van der Waals surface area contributed by atoms with E-state index in [1.807, 2.05) is 6.92 Å². The summed E-state index contributed by atoms with van der Waals surface area (Å²) < 4.78 is 5.70. The fourth-order valence-corrected chi connectivity index (χ4v) is 3.68. The topological polar surface area (TPSA) is 73.2 Å². The first-order valence-electron chi connectivity index (χ1n) is 9.10. The van der Waals surface area contributed by atoms with E-state index in [0.29, 0.717) is 18.6 Å². The van der Waals surface area contributed by atoms with Crippen LogP contribution < -0.4 is 5.22 Å². The lowest BCUT2D eigenvalue weighted by Gasteiger charge is -2.24. The number of hydrogen-bond donors (Lipinski definition) is 3. The molecule has 3 N–H and O–H groups in total. The zero-order valence-corrected chi connectivity index (χ0v) is 14.9. The smallest absolute Gasteiger partial charge is 0.114 e. The SMILES string of the molecule is C1=c2ccc3cccc4ccc(c2c43)C2OC12.CCC(CO)(CO)CO. The van der Waals surface area contributed by atoms with E-state index in [9.17, 15) is 0 Å². The van der Waals surface area contributed by atoms with E-state index >= 15 is 0 Å². The Hall–Kier alpha value is -1.98. The number of ether oxygens (including phenoxy) is 1. The summed E-state index contributed by atoms with van der Waals surface area (Å²) in [6.45, 7) is 1.35. The molecule has 0 amide bonds. The first-order chi connectivity index (χ1) is 12.7. The molecular formula is C22H24O4. The number of rotatable bonds is 4. The molecule has 4 nitrogen and oxygen atoms in total. The van der Waals surface area contributed by atoms with Crippen LogP contribution in [0, 0.1) is 5.41 Å². The van der Waals surface area contributed by atoms with Crippen molar-refractivity contribution >= 4 is 27.6 Å². The molecule has 2 aliphatic rings. The first-order valence-corrected chi connectivity index (χ1v) is 9.10. The minimum absolute atomic E-state index is 0.156. The van der Waals surface area contributed by atoms with Crippen LogP contribution in [0.5, 0.6) is 0 Å².